The van der Waals surface area contributed by atoms with Crippen LogP contribution in [-0.4, -0.2) is 12.0 Å². The summed E-state index contributed by atoms with van der Waals surface area (Å²) in [6.45, 7) is 0.528. The highest BCUT2D eigenvalue weighted by molar-refractivity contribution is 7.15. The fourth-order valence-electron chi connectivity index (χ4n) is 2.11. The normalized spacial score (nSPS) is 14.7. The standard InChI is InChI=1S/C14H16FN3S/c1-18(11-4-2-3-10(15)7-11)14-17-13(9-5-6-9)12(8-16)19-14/h2-4,7,9H,5-6,8,16H2,1H3. The highest BCUT2D eigenvalue weighted by Gasteiger charge is 2.29. The van der Waals surface area contributed by atoms with Gasteiger partial charge in [0.2, 0.25) is 0 Å². The molecule has 0 spiro atoms. The highest BCUT2D eigenvalue weighted by atomic mass is 32.1. The topological polar surface area (TPSA) is 42.2 Å². The lowest BCUT2D eigenvalue weighted by atomic mass is 10.2. The van der Waals surface area contributed by atoms with E-state index in [0.29, 0.717) is 12.5 Å². The Morgan fingerprint density at radius 3 is 2.89 bits per heavy atom. The van der Waals surface area contributed by atoms with Crippen LogP contribution in [-0.2, 0) is 6.54 Å². The van der Waals surface area contributed by atoms with Crippen LogP contribution < -0.4 is 10.6 Å². The predicted octanol–water partition coefficient (Wildman–Crippen LogP) is 3.39. The molecule has 3 nitrogen and oxygen atoms in total. The van der Waals surface area contributed by atoms with Gasteiger partial charge in [0.1, 0.15) is 5.82 Å². The first-order valence-electron chi connectivity index (χ1n) is 6.38. The lowest BCUT2D eigenvalue weighted by Gasteiger charge is -2.15. The highest BCUT2D eigenvalue weighted by Crippen LogP contribution is 2.44. The van der Waals surface area contributed by atoms with E-state index in [1.54, 1.807) is 17.4 Å². The first-order chi connectivity index (χ1) is 9.19. The predicted molar refractivity (Wildman–Crippen MR) is 76.4 cm³/mol. The van der Waals surface area contributed by atoms with Crippen molar-refractivity contribution in [1.29, 1.82) is 0 Å². The molecule has 100 valence electrons. The molecule has 1 aromatic carbocycles. The number of halogens is 1. The number of nitrogens with two attached hydrogens (primary N) is 1. The Morgan fingerprint density at radius 2 is 2.26 bits per heavy atom. The summed E-state index contributed by atoms with van der Waals surface area (Å²) in [7, 11) is 1.91. The minimum atomic E-state index is -0.234. The largest absolute Gasteiger partial charge is 0.326 e. The Labute approximate surface area is 115 Å². The third-order valence-corrected chi connectivity index (χ3v) is 4.52. The Morgan fingerprint density at radius 1 is 1.47 bits per heavy atom. The molecule has 0 unspecified atom stereocenters. The molecule has 3 rings (SSSR count). The Hall–Kier alpha value is -1.46. The van der Waals surface area contributed by atoms with Crippen molar-refractivity contribution in [2.24, 2.45) is 5.73 Å². The number of thiazole rings is 1. The Balaban J connectivity index is 1.93. The average molecular weight is 277 g/mol. The van der Waals surface area contributed by atoms with E-state index in [1.807, 2.05) is 18.0 Å². The minimum Gasteiger partial charge on any atom is -0.326 e. The molecule has 0 aliphatic heterocycles. The lowest BCUT2D eigenvalue weighted by molar-refractivity contribution is 0.628. The summed E-state index contributed by atoms with van der Waals surface area (Å²) < 4.78 is 13.3. The first-order valence-corrected chi connectivity index (χ1v) is 7.19. The second-order valence-corrected chi connectivity index (χ2v) is 5.88. The van der Waals surface area contributed by atoms with Gasteiger partial charge in [-0.3, -0.25) is 0 Å². The molecule has 0 saturated heterocycles. The monoisotopic (exact) mass is 277 g/mol. The van der Waals surface area contributed by atoms with Crippen LogP contribution in [0, 0.1) is 5.82 Å². The summed E-state index contributed by atoms with van der Waals surface area (Å²) in [5.41, 5.74) is 7.73. The summed E-state index contributed by atoms with van der Waals surface area (Å²) in [6, 6.07) is 6.55. The van der Waals surface area contributed by atoms with E-state index < -0.39 is 0 Å². The van der Waals surface area contributed by atoms with E-state index in [1.165, 1.54) is 25.0 Å². The van der Waals surface area contributed by atoms with Crippen molar-refractivity contribution >= 4 is 22.2 Å². The van der Waals surface area contributed by atoms with Crippen molar-refractivity contribution in [2.45, 2.75) is 25.3 Å². The number of rotatable bonds is 4. The molecule has 1 fully saturated rings. The quantitative estimate of drug-likeness (QED) is 0.931. The van der Waals surface area contributed by atoms with Gasteiger partial charge in [0.15, 0.2) is 5.13 Å². The molecule has 0 amide bonds. The van der Waals surface area contributed by atoms with Crippen LogP contribution in [0.1, 0.15) is 29.3 Å². The van der Waals surface area contributed by atoms with Crippen LogP contribution in [0.3, 0.4) is 0 Å². The Bertz CT molecular complexity index is 592. The molecule has 0 atom stereocenters. The molecule has 19 heavy (non-hydrogen) atoms. The van der Waals surface area contributed by atoms with Gasteiger partial charge in [-0.25, -0.2) is 9.37 Å². The van der Waals surface area contributed by atoms with E-state index in [2.05, 4.69) is 0 Å². The van der Waals surface area contributed by atoms with Gasteiger partial charge >= 0.3 is 0 Å². The van der Waals surface area contributed by atoms with Gasteiger partial charge in [-0.15, -0.1) is 0 Å². The van der Waals surface area contributed by atoms with E-state index >= 15 is 0 Å². The minimum absolute atomic E-state index is 0.234. The van der Waals surface area contributed by atoms with Gasteiger partial charge in [0.25, 0.3) is 0 Å². The van der Waals surface area contributed by atoms with Crippen molar-refractivity contribution in [3.05, 3.63) is 40.7 Å². The SMILES string of the molecule is CN(c1cccc(F)c1)c1nc(C2CC2)c(CN)s1. The lowest BCUT2D eigenvalue weighted by Crippen LogP contribution is -2.09. The van der Waals surface area contributed by atoms with Crippen LogP contribution in [0.4, 0.5) is 15.2 Å². The molecular weight excluding hydrogens is 261 g/mol. The average Bonchev–Trinajstić information content (AvgIpc) is 3.17. The molecule has 0 bridgehead atoms. The molecule has 1 aromatic heterocycles. The van der Waals surface area contributed by atoms with Crippen LogP contribution in [0.25, 0.3) is 0 Å². The molecule has 2 N–H and O–H groups in total. The molecule has 2 aromatic rings. The summed E-state index contributed by atoms with van der Waals surface area (Å²) in [6.07, 6.45) is 2.42. The summed E-state index contributed by atoms with van der Waals surface area (Å²) in [5, 5.41) is 0.882. The number of aromatic nitrogens is 1. The Kier molecular flexibility index (Phi) is 3.24. The molecule has 1 aliphatic rings. The molecule has 5 heteroatoms. The summed E-state index contributed by atoms with van der Waals surface area (Å²) in [5.74, 6) is 0.354. The van der Waals surface area contributed by atoms with Crippen molar-refractivity contribution in [1.82, 2.24) is 4.98 Å². The van der Waals surface area contributed by atoms with Gasteiger partial charge in [-0.05, 0) is 31.0 Å². The zero-order valence-corrected chi connectivity index (χ0v) is 11.6. The number of benzene rings is 1. The van der Waals surface area contributed by atoms with Crippen LogP contribution in [0.2, 0.25) is 0 Å². The van der Waals surface area contributed by atoms with Crippen molar-refractivity contribution in [3.63, 3.8) is 0 Å². The number of anilines is 2. The van der Waals surface area contributed by atoms with E-state index in [-0.39, 0.29) is 5.82 Å². The molecule has 0 radical (unpaired) electrons. The smallest absolute Gasteiger partial charge is 0.190 e. The van der Waals surface area contributed by atoms with Crippen molar-refractivity contribution in [2.75, 3.05) is 11.9 Å². The number of nitrogens with zero attached hydrogens (tertiary/aromatic N) is 2. The van der Waals surface area contributed by atoms with Gasteiger partial charge in [-0.2, -0.15) is 0 Å². The summed E-state index contributed by atoms with van der Waals surface area (Å²) >= 11 is 1.60. The molecule has 1 saturated carbocycles. The van der Waals surface area contributed by atoms with E-state index in [0.717, 1.165) is 21.4 Å². The third-order valence-electron chi connectivity index (χ3n) is 3.35. The molecule has 1 aliphatic carbocycles. The fraction of sp³-hybridized carbons (Fsp3) is 0.357. The zero-order valence-electron chi connectivity index (χ0n) is 10.8. The maximum atomic E-state index is 13.3. The van der Waals surface area contributed by atoms with Crippen LogP contribution in [0.15, 0.2) is 24.3 Å². The van der Waals surface area contributed by atoms with Gasteiger partial charge < -0.3 is 10.6 Å². The van der Waals surface area contributed by atoms with Crippen molar-refractivity contribution < 1.29 is 4.39 Å². The number of hydrogen-bond acceptors (Lipinski definition) is 4. The zero-order chi connectivity index (χ0) is 13.4. The number of hydrogen-bond donors (Lipinski definition) is 1. The molecular formula is C14H16FN3S. The van der Waals surface area contributed by atoms with Gasteiger partial charge in [0.05, 0.1) is 5.69 Å². The maximum Gasteiger partial charge on any atom is 0.190 e. The van der Waals surface area contributed by atoms with Crippen LogP contribution >= 0.6 is 11.3 Å². The fourth-order valence-corrected chi connectivity index (χ4v) is 3.12. The van der Waals surface area contributed by atoms with E-state index in [4.69, 9.17) is 10.7 Å². The third kappa shape index (κ3) is 2.48. The van der Waals surface area contributed by atoms with Gasteiger partial charge in [-0.1, -0.05) is 17.4 Å². The second-order valence-electron chi connectivity index (χ2n) is 4.82. The van der Waals surface area contributed by atoms with Gasteiger partial charge in [0, 0.05) is 30.1 Å². The maximum absolute atomic E-state index is 13.3. The van der Waals surface area contributed by atoms with E-state index in [9.17, 15) is 4.39 Å². The second kappa shape index (κ2) is 4.90. The first kappa shape index (κ1) is 12.6. The van der Waals surface area contributed by atoms with Crippen LogP contribution in [0.5, 0.6) is 0 Å². The summed E-state index contributed by atoms with van der Waals surface area (Å²) in [4.78, 5) is 7.76. The molecule has 1 heterocycles. The van der Waals surface area contributed by atoms with Crippen molar-refractivity contribution in [3.8, 4) is 0 Å².